The Bertz CT molecular complexity index is 442. The summed E-state index contributed by atoms with van der Waals surface area (Å²) in [6.07, 6.45) is 0.859. The van der Waals surface area contributed by atoms with Gasteiger partial charge in [0.1, 0.15) is 6.04 Å². The number of hydrogen-bond donors (Lipinski definition) is 3. The Hall–Kier alpha value is -1.19. The smallest absolute Gasteiger partial charge is 0.321 e. The molecule has 20 heavy (non-hydrogen) atoms. The lowest BCUT2D eigenvalue weighted by atomic mass is 10.1. The molecule has 9 heteroatoms. The fourth-order valence-electron chi connectivity index (χ4n) is 1.98. The van der Waals surface area contributed by atoms with E-state index in [-0.39, 0.29) is 25.0 Å². The van der Waals surface area contributed by atoms with Crippen molar-refractivity contribution in [2.24, 2.45) is 0 Å². The van der Waals surface area contributed by atoms with Gasteiger partial charge in [0.15, 0.2) is 0 Å². The minimum absolute atomic E-state index is 0.0631. The number of hydrogen-bond acceptors (Lipinski definition) is 5. The Kier molecular flexibility index (Phi) is 6.37. The number of ether oxygens (including phenoxy) is 1. The highest BCUT2D eigenvalue weighted by atomic mass is 32.2. The average molecular weight is 309 g/mol. The first-order chi connectivity index (χ1) is 9.30. The summed E-state index contributed by atoms with van der Waals surface area (Å²) < 4.78 is 30.9. The van der Waals surface area contributed by atoms with Crippen LogP contribution >= 0.6 is 0 Å². The van der Waals surface area contributed by atoms with E-state index in [1.54, 1.807) is 0 Å². The van der Waals surface area contributed by atoms with Gasteiger partial charge in [-0.05, 0) is 25.7 Å². The molecule has 116 valence electrons. The monoisotopic (exact) mass is 309 g/mol. The van der Waals surface area contributed by atoms with Gasteiger partial charge in [0.2, 0.25) is 10.0 Å². The molecule has 0 radical (unpaired) electrons. The summed E-state index contributed by atoms with van der Waals surface area (Å²) in [7, 11) is -3.76. The SMILES string of the molecule is O=C(O)CCC[C@@H](NS(=O)(=O)CC1CCCO1)C(=O)O. The molecule has 1 saturated heterocycles. The van der Waals surface area contributed by atoms with Gasteiger partial charge in [-0.25, -0.2) is 13.1 Å². The molecule has 1 heterocycles. The summed E-state index contributed by atoms with van der Waals surface area (Å²) in [6, 6.07) is -1.30. The number of aliphatic carboxylic acids is 2. The number of carbonyl (C=O) groups is 2. The van der Waals surface area contributed by atoms with Gasteiger partial charge in [-0.2, -0.15) is 0 Å². The molecule has 0 bridgehead atoms. The first kappa shape index (κ1) is 16.9. The van der Waals surface area contributed by atoms with Crippen molar-refractivity contribution in [2.75, 3.05) is 12.4 Å². The molecule has 0 aromatic carbocycles. The molecule has 0 saturated carbocycles. The van der Waals surface area contributed by atoms with Gasteiger partial charge < -0.3 is 14.9 Å². The maximum atomic E-state index is 11.8. The molecule has 1 fully saturated rings. The van der Waals surface area contributed by atoms with Gasteiger partial charge in [0.05, 0.1) is 11.9 Å². The molecule has 0 aromatic rings. The third-order valence-corrected chi connectivity index (χ3v) is 4.39. The van der Waals surface area contributed by atoms with E-state index in [0.29, 0.717) is 13.0 Å². The summed E-state index contributed by atoms with van der Waals surface area (Å²) in [5, 5.41) is 17.4. The van der Waals surface area contributed by atoms with Crippen molar-refractivity contribution >= 4 is 22.0 Å². The summed E-state index contributed by atoms with van der Waals surface area (Å²) in [5.74, 6) is -2.63. The highest BCUT2D eigenvalue weighted by Gasteiger charge is 2.28. The fourth-order valence-corrected chi connectivity index (χ4v) is 3.48. The molecule has 1 unspecified atom stereocenters. The number of nitrogens with one attached hydrogen (secondary N) is 1. The van der Waals surface area contributed by atoms with Crippen molar-refractivity contribution in [3.05, 3.63) is 0 Å². The number of sulfonamides is 1. The van der Waals surface area contributed by atoms with Crippen LogP contribution in [0.15, 0.2) is 0 Å². The summed E-state index contributed by atoms with van der Waals surface area (Å²) in [5.41, 5.74) is 0. The van der Waals surface area contributed by atoms with E-state index in [9.17, 15) is 18.0 Å². The van der Waals surface area contributed by atoms with Gasteiger partial charge in [0, 0.05) is 13.0 Å². The van der Waals surface area contributed by atoms with E-state index in [0.717, 1.165) is 6.42 Å². The van der Waals surface area contributed by atoms with Crippen LogP contribution in [0.25, 0.3) is 0 Å². The zero-order valence-corrected chi connectivity index (χ0v) is 11.8. The van der Waals surface area contributed by atoms with Gasteiger partial charge in [-0.3, -0.25) is 9.59 Å². The van der Waals surface area contributed by atoms with E-state index in [4.69, 9.17) is 14.9 Å². The van der Waals surface area contributed by atoms with Gasteiger partial charge >= 0.3 is 11.9 Å². The fraction of sp³-hybridized carbons (Fsp3) is 0.818. The molecule has 8 nitrogen and oxygen atoms in total. The van der Waals surface area contributed by atoms with Crippen molar-refractivity contribution in [1.82, 2.24) is 4.72 Å². The average Bonchev–Trinajstić information content (AvgIpc) is 2.78. The van der Waals surface area contributed by atoms with Crippen LogP contribution in [0, 0.1) is 0 Å². The van der Waals surface area contributed by atoms with Gasteiger partial charge in [0.25, 0.3) is 0 Å². The highest BCUT2D eigenvalue weighted by molar-refractivity contribution is 7.89. The van der Waals surface area contributed by atoms with Crippen LogP contribution in [-0.2, 0) is 24.3 Å². The molecule has 1 aliphatic heterocycles. The minimum atomic E-state index is -3.76. The Morgan fingerprint density at radius 3 is 2.55 bits per heavy atom. The molecular formula is C11H19NO7S. The predicted octanol–water partition coefficient (Wildman–Crippen LogP) is -0.207. The second-order valence-corrected chi connectivity index (χ2v) is 6.51. The lowest BCUT2D eigenvalue weighted by Crippen LogP contribution is -2.43. The standard InChI is InChI=1S/C11H19NO7S/c13-10(14)5-1-4-9(11(15)16)12-20(17,18)7-8-3-2-6-19-8/h8-9,12H,1-7H2,(H,13,14)(H,15,16)/t8?,9-/m1/s1. The Morgan fingerprint density at radius 1 is 1.35 bits per heavy atom. The lowest BCUT2D eigenvalue weighted by Gasteiger charge is -2.16. The van der Waals surface area contributed by atoms with E-state index in [1.165, 1.54) is 0 Å². The van der Waals surface area contributed by atoms with Crippen LogP contribution in [-0.4, -0.2) is 55.1 Å². The maximum absolute atomic E-state index is 11.8. The summed E-state index contributed by atoms with van der Waals surface area (Å²) in [6.45, 7) is 0.515. The molecule has 0 aromatic heterocycles. The Morgan fingerprint density at radius 2 is 2.05 bits per heavy atom. The van der Waals surface area contributed by atoms with Crippen LogP contribution in [0.2, 0.25) is 0 Å². The van der Waals surface area contributed by atoms with Crippen molar-refractivity contribution < 1.29 is 33.0 Å². The second kappa shape index (κ2) is 7.55. The van der Waals surface area contributed by atoms with Crippen molar-refractivity contribution in [3.63, 3.8) is 0 Å². The van der Waals surface area contributed by atoms with Crippen LogP contribution in [0.3, 0.4) is 0 Å². The highest BCUT2D eigenvalue weighted by Crippen LogP contribution is 2.14. The summed E-state index contributed by atoms with van der Waals surface area (Å²) in [4.78, 5) is 21.3. The van der Waals surface area contributed by atoms with Gasteiger partial charge in [-0.1, -0.05) is 0 Å². The molecule has 1 rings (SSSR count). The number of carboxylic acid groups (broad SMARTS) is 2. The van der Waals surface area contributed by atoms with Crippen LogP contribution in [0.5, 0.6) is 0 Å². The first-order valence-corrected chi connectivity index (χ1v) is 8.01. The van der Waals surface area contributed by atoms with E-state index in [2.05, 4.69) is 4.72 Å². The van der Waals surface area contributed by atoms with Crippen LogP contribution in [0.1, 0.15) is 32.1 Å². The van der Waals surface area contributed by atoms with E-state index < -0.39 is 34.1 Å². The maximum Gasteiger partial charge on any atom is 0.321 e. The van der Waals surface area contributed by atoms with Crippen molar-refractivity contribution in [3.8, 4) is 0 Å². The zero-order valence-electron chi connectivity index (χ0n) is 10.9. The lowest BCUT2D eigenvalue weighted by molar-refractivity contribution is -0.140. The zero-order chi connectivity index (χ0) is 15.2. The second-order valence-electron chi connectivity index (χ2n) is 4.71. The number of rotatable bonds is 9. The van der Waals surface area contributed by atoms with E-state index in [1.807, 2.05) is 0 Å². The van der Waals surface area contributed by atoms with E-state index >= 15 is 0 Å². The molecular weight excluding hydrogens is 290 g/mol. The molecule has 1 aliphatic rings. The molecule has 0 spiro atoms. The van der Waals surface area contributed by atoms with Crippen LogP contribution in [0.4, 0.5) is 0 Å². The largest absolute Gasteiger partial charge is 0.481 e. The Labute approximate surface area is 117 Å². The van der Waals surface area contributed by atoms with Crippen LogP contribution < -0.4 is 4.72 Å². The third-order valence-electron chi connectivity index (χ3n) is 2.93. The summed E-state index contributed by atoms with van der Waals surface area (Å²) >= 11 is 0. The van der Waals surface area contributed by atoms with Gasteiger partial charge in [-0.15, -0.1) is 0 Å². The molecule has 2 atom stereocenters. The first-order valence-electron chi connectivity index (χ1n) is 6.36. The molecule has 0 amide bonds. The number of carboxylic acids is 2. The molecule has 3 N–H and O–H groups in total. The topological polar surface area (TPSA) is 130 Å². The Balaban J connectivity index is 2.50. The predicted molar refractivity (Wildman–Crippen MR) is 68.8 cm³/mol. The molecule has 0 aliphatic carbocycles. The van der Waals surface area contributed by atoms with Crippen molar-refractivity contribution in [2.45, 2.75) is 44.2 Å². The normalized spacial score (nSPS) is 20.7. The third kappa shape index (κ3) is 6.31. The quantitative estimate of drug-likeness (QED) is 0.537. The minimum Gasteiger partial charge on any atom is -0.481 e. The van der Waals surface area contributed by atoms with Crippen molar-refractivity contribution in [1.29, 1.82) is 0 Å².